The fourth-order valence-electron chi connectivity index (χ4n) is 2.84. The standard InChI is InChI=1S/C18H20N2O/c1-19(16-10-3-2-4-11-16)18(21)14-20-13-7-9-15-8-5-6-12-17(15)20/h2-6,8,10-12H,7,9,13-14H2,1H3. The fourth-order valence-corrected chi connectivity index (χ4v) is 2.84. The molecule has 1 aliphatic rings. The molecule has 0 fully saturated rings. The number of rotatable bonds is 3. The summed E-state index contributed by atoms with van der Waals surface area (Å²) in [7, 11) is 1.84. The number of para-hydroxylation sites is 2. The zero-order valence-electron chi connectivity index (χ0n) is 12.3. The maximum Gasteiger partial charge on any atom is 0.246 e. The highest BCUT2D eigenvalue weighted by molar-refractivity contribution is 5.96. The average Bonchev–Trinajstić information content (AvgIpc) is 2.55. The molecule has 2 aromatic rings. The second-order valence-electron chi connectivity index (χ2n) is 5.44. The van der Waals surface area contributed by atoms with Gasteiger partial charge in [-0.25, -0.2) is 0 Å². The van der Waals surface area contributed by atoms with Gasteiger partial charge in [-0.15, -0.1) is 0 Å². The van der Waals surface area contributed by atoms with Crippen molar-refractivity contribution >= 4 is 17.3 Å². The molecule has 0 unspecified atom stereocenters. The van der Waals surface area contributed by atoms with Crippen LogP contribution in [0.1, 0.15) is 12.0 Å². The highest BCUT2D eigenvalue weighted by atomic mass is 16.2. The van der Waals surface area contributed by atoms with E-state index in [4.69, 9.17) is 0 Å². The normalized spacial score (nSPS) is 13.7. The summed E-state index contributed by atoms with van der Waals surface area (Å²) in [5.41, 5.74) is 3.49. The number of amides is 1. The predicted octanol–water partition coefficient (Wildman–Crippen LogP) is 3.10. The van der Waals surface area contributed by atoms with Crippen LogP contribution in [0.3, 0.4) is 0 Å². The van der Waals surface area contributed by atoms with Gasteiger partial charge >= 0.3 is 0 Å². The molecule has 1 amide bonds. The predicted molar refractivity (Wildman–Crippen MR) is 86.8 cm³/mol. The van der Waals surface area contributed by atoms with Crippen LogP contribution in [0, 0.1) is 0 Å². The van der Waals surface area contributed by atoms with Crippen molar-refractivity contribution in [3.8, 4) is 0 Å². The monoisotopic (exact) mass is 280 g/mol. The third-order valence-electron chi connectivity index (χ3n) is 4.05. The molecule has 3 rings (SSSR count). The maximum atomic E-state index is 12.5. The Hall–Kier alpha value is -2.29. The van der Waals surface area contributed by atoms with Crippen molar-refractivity contribution < 1.29 is 4.79 Å². The van der Waals surface area contributed by atoms with Crippen LogP contribution in [0.25, 0.3) is 0 Å². The smallest absolute Gasteiger partial charge is 0.246 e. The Balaban J connectivity index is 1.74. The van der Waals surface area contributed by atoms with E-state index in [-0.39, 0.29) is 5.91 Å². The van der Waals surface area contributed by atoms with Gasteiger partial charge in [0.1, 0.15) is 0 Å². The molecule has 1 heterocycles. The Kier molecular flexibility index (Phi) is 3.91. The number of likely N-dealkylation sites (N-methyl/N-ethyl adjacent to an activating group) is 1. The second kappa shape index (κ2) is 6.00. The van der Waals surface area contributed by atoms with Crippen molar-refractivity contribution in [2.45, 2.75) is 12.8 Å². The van der Waals surface area contributed by atoms with E-state index >= 15 is 0 Å². The summed E-state index contributed by atoms with van der Waals surface area (Å²) in [5, 5.41) is 0. The zero-order valence-corrected chi connectivity index (χ0v) is 12.3. The van der Waals surface area contributed by atoms with E-state index in [2.05, 4.69) is 23.1 Å². The fraction of sp³-hybridized carbons (Fsp3) is 0.278. The Labute approximate surface area is 125 Å². The van der Waals surface area contributed by atoms with Gasteiger partial charge in [-0.05, 0) is 36.6 Å². The number of hydrogen-bond donors (Lipinski definition) is 0. The minimum atomic E-state index is 0.123. The molecule has 2 aromatic carbocycles. The van der Waals surface area contributed by atoms with Gasteiger partial charge in [-0.1, -0.05) is 36.4 Å². The molecule has 0 aromatic heterocycles. The number of hydrogen-bond acceptors (Lipinski definition) is 2. The van der Waals surface area contributed by atoms with Crippen LogP contribution in [0.15, 0.2) is 54.6 Å². The van der Waals surface area contributed by atoms with Crippen molar-refractivity contribution in [2.75, 3.05) is 29.9 Å². The lowest BCUT2D eigenvalue weighted by atomic mass is 10.0. The first-order valence-corrected chi connectivity index (χ1v) is 7.40. The minimum absolute atomic E-state index is 0.123. The molecule has 0 spiro atoms. The molecule has 3 heteroatoms. The minimum Gasteiger partial charge on any atom is -0.362 e. The molecule has 0 saturated heterocycles. The highest BCUT2D eigenvalue weighted by Crippen LogP contribution is 2.26. The van der Waals surface area contributed by atoms with Crippen LogP contribution in [0.5, 0.6) is 0 Å². The number of benzene rings is 2. The topological polar surface area (TPSA) is 23.6 Å². The van der Waals surface area contributed by atoms with Crippen molar-refractivity contribution in [1.29, 1.82) is 0 Å². The molecular formula is C18H20N2O. The summed E-state index contributed by atoms with van der Waals surface area (Å²) in [5.74, 6) is 0.123. The number of aryl methyl sites for hydroxylation is 1. The average molecular weight is 280 g/mol. The molecule has 0 radical (unpaired) electrons. The van der Waals surface area contributed by atoms with Gasteiger partial charge in [0.2, 0.25) is 5.91 Å². The summed E-state index contributed by atoms with van der Waals surface area (Å²) < 4.78 is 0. The van der Waals surface area contributed by atoms with Crippen LogP contribution >= 0.6 is 0 Å². The molecule has 21 heavy (non-hydrogen) atoms. The van der Waals surface area contributed by atoms with E-state index in [0.29, 0.717) is 6.54 Å². The third-order valence-corrected chi connectivity index (χ3v) is 4.05. The number of carbonyl (C=O) groups is 1. The van der Waals surface area contributed by atoms with Gasteiger partial charge in [-0.3, -0.25) is 4.79 Å². The largest absolute Gasteiger partial charge is 0.362 e. The zero-order chi connectivity index (χ0) is 14.7. The Morgan fingerprint density at radius 1 is 1.10 bits per heavy atom. The van der Waals surface area contributed by atoms with Crippen LogP contribution in [0.4, 0.5) is 11.4 Å². The lowest BCUT2D eigenvalue weighted by molar-refractivity contribution is -0.117. The molecule has 0 atom stereocenters. The maximum absolute atomic E-state index is 12.5. The van der Waals surface area contributed by atoms with Gasteiger partial charge in [-0.2, -0.15) is 0 Å². The summed E-state index contributed by atoms with van der Waals surface area (Å²) in [4.78, 5) is 16.4. The number of carbonyl (C=O) groups excluding carboxylic acids is 1. The lowest BCUT2D eigenvalue weighted by Gasteiger charge is -2.32. The van der Waals surface area contributed by atoms with Gasteiger partial charge < -0.3 is 9.80 Å². The van der Waals surface area contributed by atoms with Crippen molar-refractivity contribution in [1.82, 2.24) is 0 Å². The summed E-state index contributed by atoms with van der Waals surface area (Å²) in [6, 6.07) is 18.2. The van der Waals surface area contributed by atoms with Gasteiger partial charge in [0.15, 0.2) is 0 Å². The van der Waals surface area contributed by atoms with E-state index in [1.165, 1.54) is 11.3 Å². The van der Waals surface area contributed by atoms with Crippen molar-refractivity contribution in [3.05, 3.63) is 60.2 Å². The van der Waals surface area contributed by atoms with Gasteiger partial charge in [0.25, 0.3) is 0 Å². The summed E-state index contributed by atoms with van der Waals surface area (Å²) in [6.07, 6.45) is 2.22. The Morgan fingerprint density at radius 2 is 1.81 bits per heavy atom. The first-order valence-electron chi connectivity index (χ1n) is 7.40. The molecule has 0 aliphatic carbocycles. The van der Waals surface area contributed by atoms with E-state index in [1.807, 2.05) is 43.4 Å². The molecule has 1 aliphatic heterocycles. The Morgan fingerprint density at radius 3 is 2.62 bits per heavy atom. The van der Waals surface area contributed by atoms with Crippen LogP contribution in [-0.4, -0.2) is 26.0 Å². The quantitative estimate of drug-likeness (QED) is 0.862. The molecule has 0 saturated carbocycles. The Bertz CT molecular complexity index is 624. The molecule has 0 bridgehead atoms. The van der Waals surface area contributed by atoms with Crippen molar-refractivity contribution in [2.24, 2.45) is 0 Å². The summed E-state index contributed by atoms with van der Waals surface area (Å²) >= 11 is 0. The SMILES string of the molecule is CN(C(=O)CN1CCCc2ccccc21)c1ccccc1. The van der Waals surface area contributed by atoms with E-state index < -0.39 is 0 Å². The van der Waals surface area contributed by atoms with Crippen LogP contribution < -0.4 is 9.80 Å². The van der Waals surface area contributed by atoms with Crippen LogP contribution in [0.2, 0.25) is 0 Å². The van der Waals surface area contributed by atoms with Crippen molar-refractivity contribution in [3.63, 3.8) is 0 Å². The number of nitrogens with zero attached hydrogens (tertiary/aromatic N) is 2. The van der Waals surface area contributed by atoms with E-state index in [0.717, 1.165) is 25.1 Å². The second-order valence-corrected chi connectivity index (χ2v) is 5.44. The summed E-state index contributed by atoms with van der Waals surface area (Å²) in [6.45, 7) is 1.38. The van der Waals surface area contributed by atoms with E-state index in [9.17, 15) is 4.79 Å². The van der Waals surface area contributed by atoms with E-state index in [1.54, 1.807) is 4.90 Å². The van der Waals surface area contributed by atoms with Gasteiger partial charge in [0.05, 0.1) is 6.54 Å². The molecular weight excluding hydrogens is 260 g/mol. The molecule has 108 valence electrons. The molecule has 0 N–H and O–H groups in total. The first-order chi connectivity index (χ1) is 10.3. The van der Waals surface area contributed by atoms with Crippen LogP contribution in [-0.2, 0) is 11.2 Å². The third kappa shape index (κ3) is 2.92. The van der Waals surface area contributed by atoms with Gasteiger partial charge in [0, 0.05) is 25.0 Å². The number of fused-ring (bicyclic) bond motifs is 1. The number of anilines is 2. The highest BCUT2D eigenvalue weighted by Gasteiger charge is 2.20. The lowest BCUT2D eigenvalue weighted by Crippen LogP contribution is -2.40. The first kappa shape index (κ1) is 13.7. The molecule has 3 nitrogen and oxygen atoms in total.